The van der Waals surface area contributed by atoms with E-state index in [1.165, 1.54) is 12.3 Å². The van der Waals surface area contributed by atoms with Crippen molar-refractivity contribution in [1.29, 1.82) is 0 Å². The Balaban J connectivity index is 0.000000490. The second-order valence-corrected chi connectivity index (χ2v) is 1.02. The summed E-state index contributed by atoms with van der Waals surface area (Å²) in [6.45, 7) is 0. The zero-order valence-electron chi connectivity index (χ0n) is 3.96. The van der Waals surface area contributed by atoms with E-state index in [1.54, 1.807) is 5.94 Å². The van der Waals surface area contributed by atoms with E-state index in [-0.39, 0.29) is 11.2 Å². The highest BCUT2D eigenvalue weighted by Crippen LogP contribution is 2.01. The highest BCUT2D eigenvalue weighted by Gasteiger charge is 1.90. The first-order chi connectivity index (χ1) is 3.43. The molecule has 4 nitrogen and oxygen atoms in total. The van der Waals surface area contributed by atoms with Crippen LogP contribution in [0.25, 0.3) is 0 Å². The van der Waals surface area contributed by atoms with Crippen LogP contribution >= 0.6 is 0 Å². The predicted octanol–water partition coefficient (Wildman–Crippen LogP) is -0.143. The minimum atomic E-state index is 0. The van der Waals surface area contributed by atoms with Crippen LogP contribution in [0.3, 0.4) is 0 Å². The summed E-state index contributed by atoms with van der Waals surface area (Å²) < 4.78 is 0. The molecule has 0 aliphatic carbocycles. The molecule has 0 spiro atoms. The Morgan fingerprint density at radius 2 is 2.38 bits per heavy atom. The van der Waals surface area contributed by atoms with Gasteiger partial charge < -0.3 is 5.48 Å². The number of nitrogens with zero attached hydrogens (tertiary/aromatic N) is 2. The van der Waals surface area contributed by atoms with Crippen LogP contribution in [-0.2, 0) is 4.79 Å². The van der Waals surface area contributed by atoms with E-state index in [4.69, 9.17) is 0 Å². The quantitative estimate of drug-likeness (QED) is 0.402. The van der Waals surface area contributed by atoms with Crippen molar-refractivity contribution in [3.8, 4) is 0 Å². The van der Waals surface area contributed by atoms with Crippen molar-refractivity contribution in [1.82, 2.24) is 0 Å². The van der Waals surface area contributed by atoms with Gasteiger partial charge in [-0.15, -0.1) is 5.11 Å². The molecular weight excluding hydrogens is 108 g/mol. The molecule has 42 valence electrons. The maximum atomic E-state index is 9.64. The van der Waals surface area contributed by atoms with Crippen LogP contribution in [0.15, 0.2) is 28.2 Å². The van der Waals surface area contributed by atoms with Gasteiger partial charge in [-0.1, -0.05) is 0 Å². The summed E-state index contributed by atoms with van der Waals surface area (Å²) in [5.74, 6) is 1.58. The molecule has 1 aliphatic rings. The highest BCUT2D eigenvalue weighted by molar-refractivity contribution is 5.56. The molecule has 1 rings (SSSR count). The van der Waals surface area contributed by atoms with E-state index < -0.39 is 0 Å². The fourth-order valence-corrected chi connectivity index (χ4v) is 0.287. The normalized spacial score (nSPS) is 13.2. The third kappa shape index (κ3) is 1.11. The van der Waals surface area contributed by atoms with Gasteiger partial charge in [0.05, 0.1) is 6.20 Å². The van der Waals surface area contributed by atoms with Gasteiger partial charge in [-0.2, -0.15) is 5.11 Å². The SMILES string of the molecule is O.O=C=C1C=CN=N1. The lowest BCUT2D eigenvalue weighted by Crippen LogP contribution is -1.60. The number of hydrogen-bond acceptors (Lipinski definition) is 3. The minimum absolute atomic E-state index is 0. The van der Waals surface area contributed by atoms with Crippen molar-refractivity contribution in [2.24, 2.45) is 10.2 Å². The average Bonchev–Trinajstić information content (AvgIpc) is 2.14. The number of carbonyl (C=O) groups excluding carboxylic acids is 1. The van der Waals surface area contributed by atoms with Crippen LogP contribution in [-0.4, -0.2) is 11.4 Å². The molecule has 0 saturated carbocycles. The monoisotopic (exact) mass is 112 g/mol. The van der Waals surface area contributed by atoms with E-state index in [9.17, 15) is 4.79 Å². The third-order valence-corrected chi connectivity index (χ3v) is 0.569. The Labute approximate surface area is 45.5 Å². The fourth-order valence-electron chi connectivity index (χ4n) is 0.287. The molecule has 0 unspecified atom stereocenters. The Morgan fingerprint density at radius 3 is 2.62 bits per heavy atom. The largest absolute Gasteiger partial charge is 0.412 e. The van der Waals surface area contributed by atoms with Gasteiger partial charge in [0.15, 0.2) is 11.6 Å². The van der Waals surface area contributed by atoms with E-state index in [1.807, 2.05) is 0 Å². The Morgan fingerprint density at radius 1 is 1.62 bits per heavy atom. The van der Waals surface area contributed by atoms with Gasteiger partial charge in [0.1, 0.15) is 0 Å². The zero-order chi connectivity index (χ0) is 5.11. The van der Waals surface area contributed by atoms with Crippen LogP contribution in [0.4, 0.5) is 0 Å². The zero-order valence-corrected chi connectivity index (χ0v) is 3.96. The Kier molecular flexibility index (Phi) is 2.40. The lowest BCUT2D eigenvalue weighted by molar-refractivity contribution is 0.567. The van der Waals surface area contributed by atoms with E-state index in [2.05, 4.69) is 10.2 Å². The number of rotatable bonds is 0. The molecule has 4 heteroatoms. The first kappa shape index (κ1) is 6.75. The first-order valence-electron chi connectivity index (χ1n) is 1.76. The molecule has 1 aliphatic heterocycles. The Hall–Kier alpha value is -1.25. The van der Waals surface area contributed by atoms with Crippen LogP contribution in [0.5, 0.6) is 0 Å². The van der Waals surface area contributed by atoms with Gasteiger partial charge in [0.2, 0.25) is 0 Å². The van der Waals surface area contributed by atoms with Crippen LogP contribution in [0, 0.1) is 0 Å². The summed E-state index contributed by atoms with van der Waals surface area (Å²) in [6.07, 6.45) is 2.94. The smallest absolute Gasteiger partial charge is 0.171 e. The number of azo groups is 1. The molecular formula is C4H4N2O2. The van der Waals surface area contributed by atoms with Gasteiger partial charge in [-0.3, -0.25) is 0 Å². The molecule has 0 aromatic carbocycles. The molecule has 8 heavy (non-hydrogen) atoms. The summed E-state index contributed by atoms with van der Waals surface area (Å²) in [6, 6.07) is 0. The van der Waals surface area contributed by atoms with Gasteiger partial charge >= 0.3 is 0 Å². The van der Waals surface area contributed by atoms with Crippen LogP contribution in [0.2, 0.25) is 0 Å². The summed E-state index contributed by atoms with van der Waals surface area (Å²) in [5.41, 5.74) is 0.264. The summed E-state index contributed by atoms with van der Waals surface area (Å²) in [7, 11) is 0. The lowest BCUT2D eigenvalue weighted by atomic mass is 10.5. The topological polar surface area (TPSA) is 73.3 Å². The minimum Gasteiger partial charge on any atom is -0.412 e. The molecule has 0 fully saturated rings. The standard InChI is InChI=1S/C4H2N2O.H2O/c7-3-4-1-2-5-6-4;/h1-2H;1H2. The predicted molar refractivity (Wildman–Crippen MR) is 26.8 cm³/mol. The van der Waals surface area contributed by atoms with Crippen molar-refractivity contribution in [2.45, 2.75) is 0 Å². The lowest BCUT2D eigenvalue weighted by Gasteiger charge is -1.64. The van der Waals surface area contributed by atoms with Crippen molar-refractivity contribution in [3.05, 3.63) is 18.0 Å². The average molecular weight is 112 g/mol. The molecule has 2 N–H and O–H groups in total. The fraction of sp³-hybridized carbons (Fsp3) is 0. The van der Waals surface area contributed by atoms with Crippen molar-refractivity contribution >= 4 is 5.94 Å². The van der Waals surface area contributed by atoms with Crippen LogP contribution in [0.1, 0.15) is 0 Å². The van der Waals surface area contributed by atoms with E-state index >= 15 is 0 Å². The van der Waals surface area contributed by atoms with Crippen molar-refractivity contribution in [2.75, 3.05) is 0 Å². The molecule has 0 aromatic rings. The number of allylic oxidation sites excluding steroid dienone is 1. The highest BCUT2D eigenvalue weighted by atomic mass is 16.1. The Bertz CT molecular complexity index is 162. The molecule has 0 amide bonds. The van der Waals surface area contributed by atoms with Gasteiger partial charge in [-0.05, 0) is 6.08 Å². The van der Waals surface area contributed by atoms with Crippen molar-refractivity contribution < 1.29 is 10.3 Å². The molecule has 0 bridgehead atoms. The van der Waals surface area contributed by atoms with Gasteiger partial charge in [0.25, 0.3) is 0 Å². The third-order valence-electron chi connectivity index (χ3n) is 0.569. The van der Waals surface area contributed by atoms with Crippen molar-refractivity contribution in [3.63, 3.8) is 0 Å². The maximum Gasteiger partial charge on any atom is 0.171 e. The summed E-state index contributed by atoms with van der Waals surface area (Å²) in [4.78, 5) is 9.64. The van der Waals surface area contributed by atoms with E-state index in [0.29, 0.717) is 0 Å². The number of hydrogen-bond donors (Lipinski definition) is 0. The summed E-state index contributed by atoms with van der Waals surface area (Å²) >= 11 is 0. The molecule has 0 aromatic heterocycles. The van der Waals surface area contributed by atoms with E-state index in [0.717, 1.165) is 0 Å². The molecule has 0 radical (unpaired) electrons. The van der Waals surface area contributed by atoms with Gasteiger partial charge in [-0.25, -0.2) is 4.79 Å². The first-order valence-corrected chi connectivity index (χ1v) is 1.76. The van der Waals surface area contributed by atoms with Gasteiger partial charge in [0, 0.05) is 0 Å². The second-order valence-electron chi connectivity index (χ2n) is 1.02. The second kappa shape index (κ2) is 2.85. The summed E-state index contributed by atoms with van der Waals surface area (Å²) in [5, 5.41) is 6.74. The molecule has 0 saturated heterocycles. The van der Waals surface area contributed by atoms with Crippen LogP contribution < -0.4 is 0 Å². The maximum absolute atomic E-state index is 9.64. The molecule has 1 heterocycles. The molecule has 0 atom stereocenters.